The third kappa shape index (κ3) is 5.15. The van der Waals surface area contributed by atoms with Gasteiger partial charge in [0.2, 0.25) is 0 Å². The molecule has 1 unspecified atom stereocenters. The van der Waals surface area contributed by atoms with Crippen molar-refractivity contribution in [3.05, 3.63) is 12.2 Å². The average Bonchev–Trinajstić information content (AvgIpc) is 1.82. The van der Waals surface area contributed by atoms with Crippen molar-refractivity contribution in [2.24, 2.45) is 0 Å². The molecule has 0 bridgehead atoms. The van der Waals surface area contributed by atoms with Gasteiger partial charge in [0.05, 0.1) is 0 Å². The molecule has 0 aliphatic heterocycles. The van der Waals surface area contributed by atoms with Gasteiger partial charge in [0, 0.05) is 6.42 Å². The molecule has 0 saturated heterocycles. The number of rotatable bonds is 3. The SMILES string of the molecule is CC=CCC(C)OC(=O)O. The monoisotopic (exact) mass is 144 g/mol. The standard InChI is InChI=1S/C7H12O3/c1-3-4-5-6(2)10-7(8)9/h3-4,6H,5H2,1-2H3,(H,8,9). The molecule has 0 heterocycles. The highest BCUT2D eigenvalue weighted by atomic mass is 16.7. The van der Waals surface area contributed by atoms with Crippen molar-refractivity contribution >= 4 is 6.16 Å². The van der Waals surface area contributed by atoms with Crippen molar-refractivity contribution in [2.45, 2.75) is 26.4 Å². The molecule has 0 spiro atoms. The van der Waals surface area contributed by atoms with Crippen LogP contribution in [0.5, 0.6) is 0 Å². The predicted octanol–water partition coefficient (Wildman–Crippen LogP) is 2.04. The minimum Gasteiger partial charge on any atom is -0.450 e. The first-order valence-corrected chi connectivity index (χ1v) is 3.17. The Morgan fingerprint density at radius 3 is 2.80 bits per heavy atom. The van der Waals surface area contributed by atoms with E-state index in [9.17, 15) is 4.79 Å². The molecule has 0 aliphatic rings. The van der Waals surface area contributed by atoms with Crippen LogP contribution in [0, 0.1) is 0 Å². The van der Waals surface area contributed by atoms with Crippen molar-refractivity contribution in [1.29, 1.82) is 0 Å². The van der Waals surface area contributed by atoms with Gasteiger partial charge in [0.15, 0.2) is 0 Å². The van der Waals surface area contributed by atoms with Gasteiger partial charge in [-0.25, -0.2) is 4.79 Å². The molecule has 58 valence electrons. The molecule has 1 atom stereocenters. The molecule has 0 saturated carbocycles. The second-order valence-electron chi connectivity index (χ2n) is 2.00. The van der Waals surface area contributed by atoms with Crippen LogP contribution in [0.4, 0.5) is 4.79 Å². The van der Waals surface area contributed by atoms with Crippen LogP contribution in [0.2, 0.25) is 0 Å². The van der Waals surface area contributed by atoms with E-state index in [0.717, 1.165) is 0 Å². The van der Waals surface area contributed by atoms with Gasteiger partial charge in [0.25, 0.3) is 0 Å². The number of carbonyl (C=O) groups is 1. The lowest BCUT2D eigenvalue weighted by atomic mass is 10.3. The van der Waals surface area contributed by atoms with Crippen LogP contribution in [0.1, 0.15) is 20.3 Å². The molecule has 0 aromatic heterocycles. The van der Waals surface area contributed by atoms with Crippen LogP contribution < -0.4 is 0 Å². The number of carboxylic acid groups (broad SMARTS) is 1. The van der Waals surface area contributed by atoms with Crippen LogP contribution >= 0.6 is 0 Å². The maximum Gasteiger partial charge on any atom is 0.506 e. The molecule has 0 aliphatic carbocycles. The van der Waals surface area contributed by atoms with Gasteiger partial charge in [-0.05, 0) is 13.8 Å². The van der Waals surface area contributed by atoms with E-state index in [1.54, 1.807) is 6.92 Å². The zero-order valence-electron chi connectivity index (χ0n) is 6.20. The lowest BCUT2D eigenvalue weighted by Crippen LogP contribution is -2.11. The van der Waals surface area contributed by atoms with Gasteiger partial charge >= 0.3 is 6.16 Å². The Bertz CT molecular complexity index is 129. The molecule has 0 radical (unpaired) electrons. The fraction of sp³-hybridized carbons (Fsp3) is 0.571. The number of hydrogen-bond donors (Lipinski definition) is 1. The highest BCUT2D eigenvalue weighted by Gasteiger charge is 2.03. The average molecular weight is 144 g/mol. The lowest BCUT2D eigenvalue weighted by Gasteiger charge is -2.05. The molecular formula is C7H12O3. The van der Waals surface area contributed by atoms with Gasteiger partial charge in [-0.2, -0.15) is 0 Å². The summed E-state index contributed by atoms with van der Waals surface area (Å²) in [6, 6.07) is 0. The normalized spacial score (nSPS) is 13.4. The third-order valence-corrected chi connectivity index (χ3v) is 1.01. The van der Waals surface area contributed by atoms with Gasteiger partial charge < -0.3 is 9.84 Å². The van der Waals surface area contributed by atoms with E-state index in [1.165, 1.54) is 0 Å². The van der Waals surface area contributed by atoms with E-state index in [-0.39, 0.29) is 6.10 Å². The molecule has 0 amide bonds. The lowest BCUT2D eigenvalue weighted by molar-refractivity contribution is 0.0602. The molecule has 3 nitrogen and oxygen atoms in total. The Labute approximate surface area is 60.3 Å². The van der Waals surface area contributed by atoms with Crippen molar-refractivity contribution in [3.63, 3.8) is 0 Å². The number of ether oxygens (including phenoxy) is 1. The first-order valence-electron chi connectivity index (χ1n) is 3.17. The molecule has 0 fully saturated rings. The number of hydrogen-bond acceptors (Lipinski definition) is 2. The predicted molar refractivity (Wildman–Crippen MR) is 38.0 cm³/mol. The second kappa shape index (κ2) is 4.85. The van der Waals surface area contributed by atoms with Crippen LogP contribution in [-0.2, 0) is 4.74 Å². The smallest absolute Gasteiger partial charge is 0.450 e. The maximum absolute atomic E-state index is 9.93. The first kappa shape index (κ1) is 9.01. The van der Waals surface area contributed by atoms with Gasteiger partial charge in [-0.3, -0.25) is 0 Å². The topological polar surface area (TPSA) is 46.5 Å². The second-order valence-corrected chi connectivity index (χ2v) is 2.00. The van der Waals surface area contributed by atoms with Crippen molar-refractivity contribution < 1.29 is 14.6 Å². The summed E-state index contributed by atoms with van der Waals surface area (Å²) in [7, 11) is 0. The van der Waals surface area contributed by atoms with Gasteiger partial charge in [-0.1, -0.05) is 12.2 Å². The number of allylic oxidation sites excluding steroid dienone is 1. The fourth-order valence-corrected chi connectivity index (χ4v) is 0.548. The van der Waals surface area contributed by atoms with Crippen molar-refractivity contribution in [2.75, 3.05) is 0 Å². The van der Waals surface area contributed by atoms with Crippen LogP contribution in [0.25, 0.3) is 0 Å². The largest absolute Gasteiger partial charge is 0.506 e. The van der Waals surface area contributed by atoms with Gasteiger partial charge in [0.1, 0.15) is 6.10 Å². The fourth-order valence-electron chi connectivity index (χ4n) is 0.548. The van der Waals surface area contributed by atoms with E-state index in [1.807, 2.05) is 19.1 Å². The third-order valence-electron chi connectivity index (χ3n) is 1.01. The molecule has 0 aromatic rings. The minimum absolute atomic E-state index is 0.242. The van der Waals surface area contributed by atoms with Gasteiger partial charge in [-0.15, -0.1) is 0 Å². The zero-order chi connectivity index (χ0) is 7.98. The highest BCUT2D eigenvalue weighted by molar-refractivity contribution is 5.57. The Hall–Kier alpha value is -0.990. The Morgan fingerprint density at radius 2 is 2.40 bits per heavy atom. The summed E-state index contributed by atoms with van der Waals surface area (Å²) in [4.78, 5) is 9.93. The molecule has 3 heteroatoms. The maximum atomic E-state index is 9.93. The Kier molecular flexibility index (Phi) is 4.37. The van der Waals surface area contributed by atoms with Crippen LogP contribution in [0.15, 0.2) is 12.2 Å². The summed E-state index contributed by atoms with van der Waals surface area (Å²) in [5, 5.41) is 8.14. The highest BCUT2D eigenvalue weighted by Crippen LogP contribution is 1.98. The van der Waals surface area contributed by atoms with E-state index in [4.69, 9.17) is 5.11 Å². The van der Waals surface area contributed by atoms with Crippen LogP contribution in [-0.4, -0.2) is 17.4 Å². The molecule has 10 heavy (non-hydrogen) atoms. The van der Waals surface area contributed by atoms with E-state index in [0.29, 0.717) is 6.42 Å². The molecule has 1 N–H and O–H groups in total. The zero-order valence-corrected chi connectivity index (χ0v) is 6.20. The van der Waals surface area contributed by atoms with E-state index in [2.05, 4.69) is 4.74 Å². The summed E-state index contributed by atoms with van der Waals surface area (Å²) >= 11 is 0. The molecule has 0 aromatic carbocycles. The minimum atomic E-state index is -1.21. The summed E-state index contributed by atoms with van der Waals surface area (Å²) < 4.78 is 4.42. The first-order chi connectivity index (χ1) is 4.66. The van der Waals surface area contributed by atoms with E-state index < -0.39 is 6.16 Å². The molecule has 0 rings (SSSR count). The Morgan fingerprint density at radius 1 is 1.80 bits per heavy atom. The summed E-state index contributed by atoms with van der Waals surface area (Å²) in [6.07, 6.45) is 2.92. The summed E-state index contributed by atoms with van der Waals surface area (Å²) in [5.41, 5.74) is 0. The van der Waals surface area contributed by atoms with Crippen molar-refractivity contribution in [3.8, 4) is 0 Å². The summed E-state index contributed by atoms with van der Waals surface area (Å²) in [6.45, 7) is 3.60. The van der Waals surface area contributed by atoms with Crippen molar-refractivity contribution in [1.82, 2.24) is 0 Å². The Balaban J connectivity index is 3.43. The summed E-state index contributed by atoms with van der Waals surface area (Å²) in [5.74, 6) is 0. The van der Waals surface area contributed by atoms with E-state index >= 15 is 0 Å². The quantitative estimate of drug-likeness (QED) is 0.487. The van der Waals surface area contributed by atoms with Crippen LogP contribution in [0.3, 0.4) is 0 Å². The molecular weight excluding hydrogens is 132 g/mol.